The molecule has 6 heteroatoms. The van der Waals surface area contributed by atoms with Gasteiger partial charge in [-0.2, -0.15) is 0 Å². The molecule has 108 valence electrons. The highest BCUT2D eigenvalue weighted by Crippen LogP contribution is 2.22. The Morgan fingerprint density at radius 3 is 2.33 bits per heavy atom. The zero-order chi connectivity index (χ0) is 15.4. The smallest absolute Gasteiger partial charge is 0.339 e. The molecular weight excluding hydrogens is 272 g/mol. The molecule has 1 amide bonds. The summed E-state index contributed by atoms with van der Waals surface area (Å²) in [7, 11) is 0. The van der Waals surface area contributed by atoms with E-state index in [2.05, 4.69) is 5.32 Å². The molecule has 2 aromatic rings. The second kappa shape index (κ2) is 6.06. The minimum Gasteiger partial charge on any atom is -0.507 e. The topological polar surface area (TPSA) is 113 Å². The van der Waals surface area contributed by atoms with Crippen molar-refractivity contribution in [1.82, 2.24) is 0 Å². The van der Waals surface area contributed by atoms with Crippen LogP contribution >= 0.6 is 0 Å². The van der Waals surface area contributed by atoms with Gasteiger partial charge in [0.1, 0.15) is 17.4 Å². The Morgan fingerprint density at radius 2 is 1.76 bits per heavy atom. The average Bonchev–Trinajstić information content (AvgIpc) is 2.47. The van der Waals surface area contributed by atoms with Crippen molar-refractivity contribution in [2.24, 2.45) is 5.73 Å². The number of hydrogen-bond donors (Lipinski definition) is 4. The first-order valence-electron chi connectivity index (χ1n) is 6.16. The molecule has 1 atom stereocenters. The number of anilines is 1. The van der Waals surface area contributed by atoms with Gasteiger partial charge >= 0.3 is 5.97 Å². The third-order valence-corrected chi connectivity index (χ3v) is 2.94. The fourth-order valence-electron chi connectivity index (χ4n) is 1.82. The summed E-state index contributed by atoms with van der Waals surface area (Å²) in [4.78, 5) is 22.8. The zero-order valence-electron chi connectivity index (χ0n) is 11.0. The van der Waals surface area contributed by atoms with Gasteiger partial charge in [-0.1, -0.05) is 30.3 Å². The minimum absolute atomic E-state index is 0.236. The van der Waals surface area contributed by atoms with Crippen molar-refractivity contribution in [1.29, 1.82) is 0 Å². The molecule has 21 heavy (non-hydrogen) atoms. The number of carbonyl (C=O) groups excluding carboxylic acids is 1. The van der Waals surface area contributed by atoms with E-state index in [0.717, 1.165) is 0 Å². The summed E-state index contributed by atoms with van der Waals surface area (Å²) in [6.45, 7) is 0. The maximum absolute atomic E-state index is 12.0. The molecule has 0 spiro atoms. The summed E-state index contributed by atoms with van der Waals surface area (Å²) in [6.07, 6.45) is 0. The summed E-state index contributed by atoms with van der Waals surface area (Å²) in [5.41, 5.74) is 6.52. The zero-order valence-corrected chi connectivity index (χ0v) is 11.0. The summed E-state index contributed by atoms with van der Waals surface area (Å²) < 4.78 is 0. The molecule has 0 heterocycles. The van der Waals surface area contributed by atoms with Crippen LogP contribution in [0.15, 0.2) is 48.5 Å². The summed E-state index contributed by atoms with van der Waals surface area (Å²) in [5, 5.41) is 20.9. The summed E-state index contributed by atoms with van der Waals surface area (Å²) in [5.74, 6) is -2.12. The number of aromatic carboxylic acids is 1. The van der Waals surface area contributed by atoms with E-state index in [1.165, 1.54) is 18.2 Å². The van der Waals surface area contributed by atoms with Crippen molar-refractivity contribution < 1.29 is 19.8 Å². The van der Waals surface area contributed by atoms with Crippen molar-refractivity contribution in [3.8, 4) is 5.75 Å². The van der Waals surface area contributed by atoms with Gasteiger partial charge in [-0.25, -0.2) is 4.79 Å². The lowest BCUT2D eigenvalue weighted by atomic mass is 10.1. The van der Waals surface area contributed by atoms with E-state index in [4.69, 9.17) is 10.8 Å². The van der Waals surface area contributed by atoms with E-state index in [0.29, 0.717) is 5.56 Å². The van der Waals surface area contributed by atoms with E-state index in [1.807, 2.05) is 6.07 Å². The minimum atomic E-state index is -1.24. The largest absolute Gasteiger partial charge is 0.507 e. The van der Waals surface area contributed by atoms with Gasteiger partial charge in [0.2, 0.25) is 5.91 Å². The Hall–Kier alpha value is -2.86. The van der Waals surface area contributed by atoms with Crippen LogP contribution in [-0.2, 0) is 4.79 Å². The van der Waals surface area contributed by atoms with Gasteiger partial charge < -0.3 is 21.3 Å². The lowest BCUT2D eigenvalue weighted by Crippen LogP contribution is -2.27. The molecule has 0 saturated heterocycles. The number of phenols is 1. The molecule has 0 fully saturated rings. The van der Waals surface area contributed by atoms with E-state index >= 15 is 0 Å². The van der Waals surface area contributed by atoms with Crippen LogP contribution in [0.1, 0.15) is 22.0 Å². The second-order valence-corrected chi connectivity index (χ2v) is 4.41. The van der Waals surface area contributed by atoms with Crippen LogP contribution in [0.25, 0.3) is 0 Å². The molecule has 0 aliphatic heterocycles. The van der Waals surface area contributed by atoms with Crippen molar-refractivity contribution in [2.75, 3.05) is 5.32 Å². The van der Waals surface area contributed by atoms with Gasteiger partial charge in [0, 0.05) is 11.8 Å². The van der Waals surface area contributed by atoms with Crippen LogP contribution in [0.5, 0.6) is 5.75 Å². The van der Waals surface area contributed by atoms with Crippen LogP contribution in [0, 0.1) is 0 Å². The first-order valence-corrected chi connectivity index (χ1v) is 6.16. The number of aromatic hydroxyl groups is 1. The molecule has 0 aliphatic rings. The first-order chi connectivity index (χ1) is 9.99. The molecule has 2 rings (SSSR count). The quantitative estimate of drug-likeness (QED) is 0.683. The predicted molar refractivity (Wildman–Crippen MR) is 77.1 cm³/mol. The number of amides is 1. The Kier molecular flexibility index (Phi) is 4.20. The van der Waals surface area contributed by atoms with Crippen molar-refractivity contribution in [3.05, 3.63) is 59.7 Å². The average molecular weight is 286 g/mol. The Morgan fingerprint density at radius 1 is 1.10 bits per heavy atom. The monoisotopic (exact) mass is 286 g/mol. The Labute approximate surface area is 120 Å². The van der Waals surface area contributed by atoms with Crippen molar-refractivity contribution in [3.63, 3.8) is 0 Å². The second-order valence-electron chi connectivity index (χ2n) is 4.41. The van der Waals surface area contributed by atoms with Gasteiger partial charge in [-0.3, -0.25) is 4.79 Å². The van der Waals surface area contributed by atoms with Gasteiger partial charge in [-0.05, 0) is 17.7 Å². The normalized spacial score (nSPS) is 11.7. The maximum atomic E-state index is 12.0. The number of carboxylic acid groups (broad SMARTS) is 1. The van der Waals surface area contributed by atoms with Crippen LogP contribution in [0.3, 0.4) is 0 Å². The van der Waals surface area contributed by atoms with Gasteiger partial charge in [0.25, 0.3) is 0 Å². The molecule has 2 aromatic carbocycles. The van der Waals surface area contributed by atoms with Crippen LogP contribution in [-0.4, -0.2) is 22.1 Å². The molecular formula is C15H14N2O4. The fourth-order valence-corrected chi connectivity index (χ4v) is 1.82. The fraction of sp³-hybridized carbons (Fsp3) is 0.0667. The first kappa shape index (κ1) is 14.5. The van der Waals surface area contributed by atoms with Crippen molar-refractivity contribution in [2.45, 2.75) is 6.04 Å². The van der Waals surface area contributed by atoms with Crippen LogP contribution < -0.4 is 11.1 Å². The third-order valence-electron chi connectivity index (χ3n) is 2.94. The van der Waals surface area contributed by atoms with Gasteiger partial charge in [-0.15, -0.1) is 0 Å². The number of rotatable bonds is 4. The summed E-state index contributed by atoms with van der Waals surface area (Å²) >= 11 is 0. The van der Waals surface area contributed by atoms with E-state index in [9.17, 15) is 14.7 Å². The number of carbonyl (C=O) groups is 2. The SMILES string of the molecule is N[C@H](C(=O)Nc1ccc(C(=O)O)c(O)c1)c1ccccc1. The maximum Gasteiger partial charge on any atom is 0.339 e. The predicted octanol–water partition coefficient (Wildman–Crippen LogP) is 1.73. The standard InChI is InChI=1S/C15H14N2O4/c16-13(9-4-2-1-3-5-9)14(19)17-10-6-7-11(15(20)21)12(18)8-10/h1-8,13,18H,16H2,(H,17,19)(H,20,21)/t13-/m0/s1. The number of nitrogens with two attached hydrogens (primary N) is 1. The number of benzene rings is 2. The van der Waals surface area contributed by atoms with Gasteiger partial charge in [0.15, 0.2) is 0 Å². The lowest BCUT2D eigenvalue weighted by molar-refractivity contribution is -0.117. The molecule has 6 nitrogen and oxygen atoms in total. The third kappa shape index (κ3) is 3.37. The highest BCUT2D eigenvalue weighted by molar-refractivity contribution is 5.97. The lowest BCUT2D eigenvalue weighted by Gasteiger charge is -2.13. The number of nitrogens with one attached hydrogen (secondary N) is 1. The van der Waals surface area contributed by atoms with E-state index in [1.54, 1.807) is 24.3 Å². The molecule has 0 unspecified atom stereocenters. The number of carboxylic acids is 1. The van der Waals surface area contributed by atoms with E-state index in [-0.39, 0.29) is 11.3 Å². The molecule has 0 radical (unpaired) electrons. The Balaban J connectivity index is 2.13. The molecule has 0 aromatic heterocycles. The van der Waals surface area contributed by atoms with Crippen LogP contribution in [0.2, 0.25) is 0 Å². The molecule has 5 N–H and O–H groups in total. The summed E-state index contributed by atoms with van der Waals surface area (Å²) in [6, 6.07) is 11.7. The van der Waals surface area contributed by atoms with Crippen LogP contribution in [0.4, 0.5) is 5.69 Å². The van der Waals surface area contributed by atoms with E-state index < -0.39 is 23.7 Å². The number of hydrogen-bond acceptors (Lipinski definition) is 4. The van der Waals surface area contributed by atoms with Gasteiger partial charge in [0.05, 0.1) is 0 Å². The Bertz CT molecular complexity index is 671. The molecule has 0 bridgehead atoms. The van der Waals surface area contributed by atoms with Crippen molar-refractivity contribution >= 4 is 17.6 Å². The molecule has 0 saturated carbocycles. The highest BCUT2D eigenvalue weighted by Gasteiger charge is 2.16. The molecule has 0 aliphatic carbocycles. The highest BCUT2D eigenvalue weighted by atomic mass is 16.4.